The van der Waals surface area contributed by atoms with Crippen molar-refractivity contribution < 1.29 is 14.3 Å². The van der Waals surface area contributed by atoms with Crippen molar-refractivity contribution in [1.29, 1.82) is 0 Å². The third kappa shape index (κ3) is 3.08. The maximum absolute atomic E-state index is 11.5. The first-order chi connectivity index (χ1) is 9.51. The predicted molar refractivity (Wildman–Crippen MR) is 75.1 cm³/mol. The summed E-state index contributed by atoms with van der Waals surface area (Å²) in [6.45, 7) is 0.554. The van der Waals surface area contributed by atoms with Crippen LogP contribution in [0.25, 0.3) is 0 Å². The minimum atomic E-state index is -0.259. The molecule has 1 atom stereocenters. The van der Waals surface area contributed by atoms with Crippen LogP contribution in [0.2, 0.25) is 0 Å². The van der Waals surface area contributed by atoms with Crippen LogP contribution in [0.5, 0.6) is 0 Å². The summed E-state index contributed by atoms with van der Waals surface area (Å²) in [5, 5.41) is 2.81. The summed E-state index contributed by atoms with van der Waals surface area (Å²) >= 11 is 0. The van der Waals surface area contributed by atoms with Gasteiger partial charge in [-0.3, -0.25) is 4.79 Å². The average Bonchev–Trinajstić information content (AvgIpc) is 2.45. The monoisotopic (exact) mass is 277 g/mol. The molecule has 0 spiro atoms. The second kappa shape index (κ2) is 5.92. The number of hydrogen-bond donors (Lipinski definition) is 2. The van der Waals surface area contributed by atoms with Gasteiger partial charge >= 0.3 is 12.0 Å². The van der Waals surface area contributed by atoms with Crippen LogP contribution in [0.15, 0.2) is 18.2 Å². The highest BCUT2D eigenvalue weighted by molar-refractivity contribution is 5.92. The Balaban J connectivity index is 2.09. The first-order valence-corrected chi connectivity index (χ1v) is 6.48. The van der Waals surface area contributed by atoms with Gasteiger partial charge in [0, 0.05) is 31.7 Å². The molecule has 6 heteroatoms. The van der Waals surface area contributed by atoms with E-state index in [4.69, 9.17) is 5.73 Å². The molecule has 0 saturated carbocycles. The maximum Gasteiger partial charge on any atom is 0.321 e. The van der Waals surface area contributed by atoms with Gasteiger partial charge in [0.1, 0.15) is 0 Å². The van der Waals surface area contributed by atoms with Gasteiger partial charge in [-0.1, -0.05) is 12.1 Å². The summed E-state index contributed by atoms with van der Waals surface area (Å²) in [5.74, 6) is -0.259. The summed E-state index contributed by atoms with van der Waals surface area (Å²) in [4.78, 5) is 24.3. The number of amides is 2. The lowest BCUT2D eigenvalue weighted by Crippen LogP contribution is -2.35. The number of carbonyl (C=O) groups excluding carboxylic acids is 2. The number of ether oxygens (including phenoxy) is 1. The zero-order valence-electron chi connectivity index (χ0n) is 11.7. The van der Waals surface area contributed by atoms with Crippen molar-refractivity contribution in [3.8, 4) is 0 Å². The lowest BCUT2D eigenvalue weighted by molar-refractivity contribution is -0.140. The molecule has 1 aliphatic heterocycles. The normalized spacial score (nSPS) is 15.3. The van der Waals surface area contributed by atoms with E-state index in [9.17, 15) is 9.59 Å². The van der Waals surface area contributed by atoms with Gasteiger partial charge in [-0.2, -0.15) is 0 Å². The van der Waals surface area contributed by atoms with E-state index < -0.39 is 0 Å². The summed E-state index contributed by atoms with van der Waals surface area (Å²) in [7, 11) is 3.10. The van der Waals surface area contributed by atoms with Crippen molar-refractivity contribution in [2.24, 2.45) is 5.73 Å². The fraction of sp³-hybridized carbons (Fsp3) is 0.429. The summed E-state index contributed by atoms with van der Waals surface area (Å²) < 4.78 is 4.60. The number of esters is 1. The molecule has 0 fully saturated rings. The van der Waals surface area contributed by atoms with Gasteiger partial charge in [-0.05, 0) is 23.6 Å². The molecule has 1 heterocycles. The molecule has 1 aromatic rings. The van der Waals surface area contributed by atoms with Gasteiger partial charge in [-0.25, -0.2) is 4.79 Å². The molecule has 0 saturated heterocycles. The van der Waals surface area contributed by atoms with Crippen LogP contribution in [-0.4, -0.2) is 31.1 Å². The molecule has 0 aliphatic carbocycles. The number of hydrogen-bond acceptors (Lipinski definition) is 4. The van der Waals surface area contributed by atoms with Crippen LogP contribution in [0.3, 0.4) is 0 Å². The van der Waals surface area contributed by atoms with Crippen molar-refractivity contribution in [1.82, 2.24) is 4.90 Å². The van der Waals surface area contributed by atoms with Crippen LogP contribution in [-0.2, 0) is 16.1 Å². The maximum atomic E-state index is 11.5. The Labute approximate surface area is 117 Å². The Morgan fingerprint density at radius 1 is 1.55 bits per heavy atom. The van der Waals surface area contributed by atoms with Crippen LogP contribution >= 0.6 is 0 Å². The molecule has 6 nitrogen and oxygen atoms in total. The quantitative estimate of drug-likeness (QED) is 0.819. The van der Waals surface area contributed by atoms with E-state index in [1.54, 1.807) is 11.9 Å². The van der Waals surface area contributed by atoms with E-state index >= 15 is 0 Å². The SMILES string of the molecule is COC(=O)CCC(N)c1ccc2c(c1)CN(C)C(=O)N2. The Hall–Kier alpha value is -2.08. The molecule has 0 aromatic heterocycles. The van der Waals surface area contributed by atoms with Crippen LogP contribution < -0.4 is 11.1 Å². The minimum Gasteiger partial charge on any atom is -0.469 e. The molecule has 2 rings (SSSR count). The number of carbonyl (C=O) groups is 2. The molecule has 1 aliphatic rings. The molecule has 3 N–H and O–H groups in total. The van der Waals surface area contributed by atoms with Crippen LogP contribution in [0.4, 0.5) is 10.5 Å². The zero-order valence-corrected chi connectivity index (χ0v) is 11.7. The van der Waals surface area contributed by atoms with E-state index in [1.165, 1.54) is 7.11 Å². The predicted octanol–water partition coefficient (Wildman–Crippen LogP) is 1.62. The van der Waals surface area contributed by atoms with E-state index in [1.807, 2.05) is 18.2 Å². The number of benzene rings is 1. The number of anilines is 1. The van der Waals surface area contributed by atoms with Crippen LogP contribution in [0, 0.1) is 0 Å². The summed E-state index contributed by atoms with van der Waals surface area (Å²) in [6.07, 6.45) is 0.832. The molecule has 0 radical (unpaired) electrons. The van der Waals surface area contributed by atoms with Crippen molar-refractivity contribution in [3.05, 3.63) is 29.3 Å². The molecule has 2 amide bonds. The van der Waals surface area contributed by atoms with E-state index in [0.717, 1.165) is 16.8 Å². The van der Waals surface area contributed by atoms with Gasteiger partial charge < -0.3 is 20.7 Å². The highest BCUT2D eigenvalue weighted by Crippen LogP contribution is 2.26. The van der Waals surface area contributed by atoms with E-state index in [-0.39, 0.29) is 18.0 Å². The Morgan fingerprint density at radius 2 is 2.30 bits per heavy atom. The van der Waals surface area contributed by atoms with Crippen molar-refractivity contribution in [2.45, 2.75) is 25.4 Å². The highest BCUT2D eigenvalue weighted by Gasteiger charge is 2.20. The number of methoxy groups -OCH3 is 1. The molecular weight excluding hydrogens is 258 g/mol. The smallest absolute Gasteiger partial charge is 0.321 e. The topological polar surface area (TPSA) is 84.7 Å². The first kappa shape index (κ1) is 14.3. The molecule has 1 aromatic carbocycles. The standard InChI is InChI=1S/C14H19N3O3/c1-17-8-10-7-9(3-5-12(10)16-14(17)19)11(15)4-6-13(18)20-2/h3,5,7,11H,4,6,8,15H2,1-2H3,(H,16,19). The Morgan fingerprint density at radius 3 is 3.00 bits per heavy atom. The number of fused-ring (bicyclic) bond motifs is 1. The number of nitrogens with two attached hydrogens (primary N) is 1. The summed E-state index contributed by atoms with van der Waals surface area (Å²) in [6, 6.07) is 5.38. The van der Waals surface area contributed by atoms with Gasteiger partial charge in [0.25, 0.3) is 0 Å². The Bertz CT molecular complexity index is 530. The fourth-order valence-corrected chi connectivity index (χ4v) is 2.18. The van der Waals surface area contributed by atoms with E-state index in [2.05, 4.69) is 10.1 Å². The largest absolute Gasteiger partial charge is 0.469 e. The van der Waals surface area contributed by atoms with Gasteiger partial charge in [0.15, 0.2) is 0 Å². The molecule has 0 bridgehead atoms. The minimum absolute atomic E-state index is 0.111. The van der Waals surface area contributed by atoms with E-state index in [0.29, 0.717) is 19.4 Å². The van der Waals surface area contributed by atoms with Crippen LogP contribution in [0.1, 0.15) is 30.0 Å². The molecular formula is C14H19N3O3. The van der Waals surface area contributed by atoms with Gasteiger partial charge in [0.2, 0.25) is 0 Å². The third-order valence-electron chi connectivity index (χ3n) is 3.44. The lowest BCUT2D eigenvalue weighted by Gasteiger charge is -2.27. The number of nitrogens with zero attached hydrogens (tertiary/aromatic N) is 1. The molecule has 1 unspecified atom stereocenters. The highest BCUT2D eigenvalue weighted by atomic mass is 16.5. The number of rotatable bonds is 4. The second-order valence-corrected chi connectivity index (χ2v) is 4.92. The molecule has 20 heavy (non-hydrogen) atoms. The fourth-order valence-electron chi connectivity index (χ4n) is 2.18. The Kier molecular flexibility index (Phi) is 4.24. The number of nitrogens with one attached hydrogen (secondary N) is 1. The lowest BCUT2D eigenvalue weighted by atomic mass is 9.98. The van der Waals surface area contributed by atoms with Gasteiger partial charge in [0.05, 0.1) is 7.11 Å². The van der Waals surface area contributed by atoms with Crippen molar-refractivity contribution in [2.75, 3.05) is 19.5 Å². The average molecular weight is 277 g/mol. The molecule has 108 valence electrons. The second-order valence-electron chi connectivity index (χ2n) is 4.92. The van der Waals surface area contributed by atoms with Gasteiger partial charge in [-0.15, -0.1) is 0 Å². The third-order valence-corrected chi connectivity index (χ3v) is 3.44. The zero-order chi connectivity index (χ0) is 14.7. The number of urea groups is 1. The van der Waals surface area contributed by atoms with Crippen molar-refractivity contribution in [3.63, 3.8) is 0 Å². The first-order valence-electron chi connectivity index (χ1n) is 6.48. The van der Waals surface area contributed by atoms with Crippen molar-refractivity contribution >= 4 is 17.7 Å². The summed E-state index contributed by atoms with van der Waals surface area (Å²) in [5.41, 5.74) is 8.88.